The van der Waals surface area contributed by atoms with E-state index in [4.69, 9.17) is 5.73 Å². The van der Waals surface area contributed by atoms with E-state index in [0.717, 1.165) is 23.5 Å². The van der Waals surface area contributed by atoms with Crippen LogP contribution >= 0.6 is 0 Å². The van der Waals surface area contributed by atoms with E-state index in [1.807, 2.05) is 18.2 Å². The van der Waals surface area contributed by atoms with E-state index < -0.39 is 0 Å². The van der Waals surface area contributed by atoms with E-state index in [-0.39, 0.29) is 0 Å². The van der Waals surface area contributed by atoms with Gasteiger partial charge in [-0.3, -0.25) is 0 Å². The van der Waals surface area contributed by atoms with Crippen LogP contribution in [0.15, 0.2) is 42.4 Å². The van der Waals surface area contributed by atoms with Gasteiger partial charge in [-0.25, -0.2) is 4.98 Å². The first-order valence-corrected chi connectivity index (χ1v) is 4.20. The second-order valence-electron chi connectivity index (χ2n) is 2.88. The van der Waals surface area contributed by atoms with Crippen LogP contribution in [0.25, 0.3) is 5.57 Å². The van der Waals surface area contributed by atoms with Gasteiger partial charge in [0.1, 0.15) is 5.82 Å². The summed E-state index contributed by atoms with van der Waals surface area (Å²) in [7, 11) is 0. The van der Waals surface area contributed by atoms with E-state index in [2.05, 4.69) is 16.0 Å². The van der Waals surface area contributed by atoms with Gasteiger partial charge in [0, 0.05) is 23.7 Å². The third-order valence-corrected chi connectivity index (χ3v) is 1.88. The van der Waals surface area contributed by atoms with Crippen LogP contribution < -0.4 is 5.73 Å². The summed E-state index contributed by atoms with van der Waals surface area (Å²) in [6.07, 6.45) is 12.4. The highest BCUT2D eigenvalue weighted by molar-refractivity contribution is 5.72. The molecule has 0 aliphatic heterocycles. The Morgan fingerprint density at radius 1 is 1.46 bits per heavy atom. The third kappa shape index (κ3) is 1.69. The summed E-state index contributed by atoms with van der Waals surface area (Å²) in [5.41, 5.74) is 7.55. The van der Waals surface area contributed by atoms with Crippen LogP contribution in [0.5, 0.6) is 0 Å². The SMILES string of the molecule is NC1=CCC=CC(c2ncc[nH]2)=C1. The molecule has 1 heterocycles. The second-order valence-corrected chi connectivity index (χ2v) is 2.88. The molecule has 0 saturated heterocycles. The molecule has 0 radical (unpaired) electrons. The Morgan fingerprint density at radius 3 is 3.15 bits per heavy atom. The van der Waals surface area contributed by atoms with Gasteiger partial charge in [-0.1, -0.05) is 18.2 Å². The highest BCUT2D eigenvalue weighted by atomic mass is 14.9. The van der Waals surface area contributed by atoms with Crippen LogP contribution in [0.4, 0.5) is 0 Å². The lowest BCUT2D eigenvalue weighted by atomic mass is 10.2. The predicted molar refractivity (Wildman–Crippen MR) is 52.6 cm³/mol. The van der Waals surface area contributed by atoms with Crippen molar-refractivity contribution >= 4 is 5.57 Å². The number of allylic oxidation sites excluding steroid dienone is 5. The lowest BCUT2D eigenvalue weighted by Gasteiger charge is -1.96. The molecule has 0 fully saturated rings. The van der Waals surface area contributed by atoms with Gasteiger partial charge in [-0.05, 0) is 12.5 Å². The van der Waals surface area contributed by atoms with Gasteiger partial charge in [0.05, 0.1) is 0 Å². The molecule has 13 heavy (non-hydrogen) atoms. The third-order valence-electron chi connectivity index (χ3n) is 1.88. The first-order chi connectivity index (χ1) is 6.36. The summed E-state index contributed by atoms with van der Waals surface area (Å²) in [4.78, 5) is 7.20. The average Bonchev–Trinajstić information content (AvgIpc) is 2.56. The summed E-state index contributed by atoms with van der Waals surface area (Å²) >= 11 is 0. The quantitative estimate of drug-likeness (QED) is 0.677. The maximum absolute atomic E-state index is 5.73. The Labute approximate surface area is 76.7 Å². The maximum atomic E-state index is 5.73. The molecule has 0 amide bonds. The maximum Gasteiger partial charge on any atom is 0.137 e. The molecule has 3 heteroatoms. The number of nitrogens with zero attached hydrogens (tertiary/aromatic N) is 1. The molecular weight excluding hydrogens is 162 g/mol. The normalized spacial score (nSPS) is 16.3. The molecule has 1 aliphatic carbocycles. The monoisotopic (exact) mass is 173 g/mol. The van der Waals surface area contributed by atoms with Gasteiger partial charge in [-0.15, -0.1) is 0 Å². The molecule has 3 N–H and O–H groups in total. The minimum absolute atomic E-state index is 0.788. The topological polar surface area (TPSA) is 54.7 Å². The van der Waals surface area contributed by atoms with Crippen LogP contribution in [0, 0.1) is 0 Å². The number of hydrogen-bond donors (Lipinski definition) is 2. The number of nitrogens with two attached hydrogens (primary N) is 1. The largest absolute Gasteiger partial charge is 0.399 e. The van der Waals surface area contributed by atoms with Crippen LogP contribution in [0.1, 0.15) is 12.2 Å². The van der Waals surface area contributed by atoms with Crippen molar-refractivity contribution in [3.05, 3.63) is 48.2 Å². The molecule has 0 aromatic carbocycles. The van der Waals surface area contributed by atoms with Gasteiger partial charge in [0.25, 0.3) is 0 Å². The highest BCUT2D eigenvalue weighted by Crippen LogP contribution is 2.15. The molecule has 2 rings (SSSR count). The smallest absolute Gasteiger partial charge is 0.137 e. The zero-order valence-corrected chi connectivity index (χ0v) is 7.20. The lowest BCUT2D eigenvalue weighted by molar-refractivity contribution is 1.24. The van der Waals surface area contributed by atoms with Gasteiger partial charge < -0.3 is 10.7 Å². The van der Waals surface area contributed by atoms with Crippen molar-refractivity contribution in [2.75, 3.05) is 0 Å². The zero-order chi connectivity index (χ0) is 9.10. The standard InChI is InChI=1S/C10H11N3/c11-9-4-2-1-3-8(7-9)10-12-5-6-13-10/h1,3-7H,2,11H2,(H,12,13). The number of aromatic nitrogens is 2. The molecule has 0 bridgehead atoms. The zero-order valence-electron chi connectivity index (χ0n) is 7.20. The van der Waals surface area contributed by atoms with E-state index >= 15 is 0 Å². The van der Waals surface area contributed by atoms with Crippen molar-refractivity contribution in [1.82, 2.24) is 9.97 Å². The summed E-state index contributed by atoms with van der Waals surface area (Å²) < 4.78 is 0. The van der Waals surface area contributed by atoms with E-state index in [0.29, 0.717) is 0 Å². The molecule has 0 unspecified atom stereocenters. The van der Waals surface area contributed by atoms with Crippen molar-refractivity contribution in [2.45, 2.75) is 6.42 Å². The molecule has 0 atom stereocenters. The Morgan fingerprint density at radius 2 is 2.38 bits per heavy atom. The van der Waals surface area contributed by atoms with E-state index in [9.17, 15) is 0 Å². The average molecular weight is 173 g/mol. The van der Waals surface area contributed by atoms with Gasteiger partial charge in [0.2, 0.25) is 0 Å². The number of nitrogens with one attached hydrogen (secondary N) is 1. The summed E-state index contributed by atoms with van der Waals surface area (Å²) in [6, 6.07) is 0. The van der Waals surface area contributed by atoms with Crippen LogP contribution in [0.2, 0.25) is 0 Å². The minimum atomic E-state index is 0.788. The fraction of sp³-hybridized carbons (Fsp3) is 0.100. The van der Waals surface area contributed by atoms with Gasteiger partial charge in [0.15, 0.2) is 0 Å². The van der Waals surface area contributed by atoms with E-state index in [1.165, 1.54) is 0 Å². The van der Waals surface area contributed by atoms with Crippen LogP contribution in [0.3, 0.4) is 0 Å². The fourth-order valence-corrected chi connectivity index (χ4v) is 1.26. The molecule has 1 aromatic rings. The predicted octanol–water partition coefficient (Wildman–Crippen LogP) is 1.60. The van der Waals surface area contributed by atoms with E-state index in [1.54, 1.807) is 12.4 Å². The highest BCUT2D eigenvalue weighted by Gasteiger charge is 2.01. The number of rotatable bonds is 1. The minimum Gasteiger partial charge on any atom is -0.399 e. The first kappa shape index (κ1) is 7.86. The van der Waals surface area contributed by atoms with Gasteiger partial charge >= 0.3 is 0 Å². The number of imidazole rings is 1. The van der Waals surface area contributed by atoms with Crippen molar-refractivity contribution < 1.29 is 0 Å². The van der Waals surface area contributed by atoms with Crippen molar-refractivity contribution in [1.29, 1.82) is 0 Å². The summed E-state index contributed by atoms with van der Waals surface area (Å²) in [6.45, 7) is 0. The first-order valence-electron chi connectivity index (χ1n) is 4.20. The number of hydrogen-bond acceptors (Lipinski definition) is 2. The molecule has 1 aromatic heterocycles. The van der Waals surface area contributed by atoms with Crippen LogP contribution in [-0.2, 0) is 0 Å². The van der Waals surface area contributed by atoms with Crippen LogP contribution in [-0.4, -0.2) is 9.97 Å². The fourth-order valence-electron chi connectivity index (χ4n) is 1.26. The Balaban J connectivity index is 2.38. The molecular formula is C10H11N3. The van der Waals surface area contributed by atoms with Crippen molar-refractivity contribution in [3.8, 4) is 0 Å². The molecule has 0 saturated carbocycles. The number of H-pyrrole nitrogens is 1. The van der Waals surface area contributed by atoms with Crippen molar-refractivity contribution in [2.24, 2.45) is 5.73 Å². The Bertz CT molecular complexity index is 369. The molecule has 66 valence electrons. The molecule has 1 aliphatic rings. The van der Waals surface area contributed by atoms with Gasteiger partial charge in [-0.2, -0.15) is 0 Å². The number of aromatic amines is 1. The molecule has 3 nitrogen and oxygen atoms in total. The van der Waals surface area contributed by atoms with Crippen molar-refractivity contribution in [3.63, 3.8) is 0 Å². The lowest BCUT2D eigenvalue weighted by Crippen LogP contribution is -1.93. The summed E-state index contributed by atoms with van der Waals surface area (Å²) in [5, 5.41) is 0. The molecule has 0 spiro atoms. The second kappa shape index (κ2) is 3.31. The Hall–Kier alpha value is -1.77. The Kier molecular flexibility index (Phi) is 2.00. The summed E-state index contributed by atoms with van der Waals surface area (Å²) in [5.74, 6) is 0.856.